The lowest BCUT2D eigenvalue weighted by molar-refractivity contribution is -0.141. The van der Waals surface area contributed by atoms with Crippen molar-refractivity contribution in [3.05, 3.63) is 93.8 Å². The van der Waals surface area contributed by atoms with E-state index in [0.717, 1.165) is 16.9 Å². The second kappa shape index (κ2) is 12.0. The SMILES string of the molecule is CCC(C(=O)Nc1ccc2nc(C(F)(F)F)ccc2c1)n1cc(OC)c(-c2cc(Cl)ccc2-n2cc(C(F)F)nn2)cc1=O. The van der Waals surface area contributed by atoms with Crippen molar-refractivity contribution in [2.24, 2.45) is 0 Å². The summed E-state index contributed by atoms with van der Waals surface area (Å²) in [4.78, 5) is 30.4. The second-order valence-electron chi connectivity index (χ2n) is 9.57. The van der Waals surface area contributed by atoms with Crippen molar-refractivity contribution in [1.82, 2.24) is 24.5 Å². The Morgan fingerprint density at radius 3 is 2.48 bits per heavy atom. The van der Waals surface area contributed by atoms with Crippen LogP contribution in [0.1, 0.15) is 37.2 Å². The summed E-state index contributed by atoms with van der Waals surface area (Å²) in [5.41, 5.74) is -0.884. The van der Waals surface area contributed by atoms with Gasteiger partial charge in [0, 0.05) is 33.3 Å². The highest BCUT2D eigenvalue weighted by Crippen LogP contribution is 2.36. The summed E-state index contributed by atoms with van der Waals surface area (Å²) in [5, 5.41) is 10.6. The Bertz CT molecular complexity index is 1920. The zero-order chi connectivity index (χ0) is 31.8. The van der Waals surface area contributed by atoms with Gasteiger partial charge < -0.3 is 10.1 Å². The highest BCUT2D eigenvalue weighted by Gasteiger charge is 2.32. The number of hydrogen-bond acceptors (Lipinski definition) is 6. The minimum atomic E-state index is -4.60. The molecule has 3 heterocycles. The summed E-state index contributed by atoms with van der Waals surface area (Å²) in [5.74, 6) is -0.389. The number of carbonyl (C=O) groups excluding carboxylic acids is 1. The molecule has 1 amide bonds. The van der Waals surface area contributed by atoms with E-state index in [1.165, 1.54) is 66.4 Å². The molecular weight excluding hydrogens is 611 g/mol. The van der Waals surface area contributed by atoms with Crippen molar-refractivity contribution < 1.29 is 31.5 Å². The van der Waals surface area contributed by atoms with E-state index in [4.69, 9.17) is 16.3 Å². The smallest absolute Gasteiger partial charge is 0.433 e. The van der Waals surface area contributed by atoms with Gasteiger partial charge in [-0.05, 0) is 48.9 Å². The minimum absolute atomic E-state index is 0.0955. The molecular formula is C29H22ClF5N6O3. The number of benzene rings is 2. The number of aromatic nitrogens is 5. The molecule has 5 rings (SSSR count). The number of nitrogens with zero attached hydrogens (tertiary/aromatic N) is 5. The summed E-state index contributed by atoms with van der Waals surface area (Å²) < 4.78 is 73.2. The quantitative estimate of drug-likeness (QED) is 0.188. The van der Waals surface area contributed by atoms with Gasteiger partial charge in [0.05, 0.1) is 30.7 Å². The lowest BCUT2D eigenvalue weighted by Crippen LogP contribution is -2.32. The van der Waals surface area contributed by atoms with Crippen LogP contribution in [0.15, 0.2) is 71.8 Å². The lowest BCUT2D eigenvalue weighted by atomic mass is 10.0. The van der Waals surface area contributed by atoms with E-state index in [1.54, 1.807) is 6.92 Å². The van der Waals surface area contributed by atoms with Crippen molar-refractivity contribution in [3.63, 3.8) is 0 Å². The molecule has 0 bridgehead atoms. The highest BCUT2D eigenvalue weighted by atomic mass is 35.5. The summed E-state index contributed by atoms with van der Waals surface area (Å²) in [7, 11) is 1.36. The van der Waals surface area contributed by atoms with Crippen LogP contribution in [-0.4, -0.2) is 37.6 Å². The van der Waals surface area contributed by atoms with Gasteiger partial charge in [0.1, 0.15) is 23.2 Å². The van der Waals surface area contributed by atoms with E-state index in [1.807, 2.05) is 0 Å². The largest absolute Gasteiger partial charge is 0.495 e. The molecule has 0 radical (unpaired) electrons. The lowest BCUT2D eigenvalue weighted by Gasteiger charge is -2.21. The third kappa shape index (κ3) is 6.11. The maximum atomic E-state index is 13.4. The number of hydrogen-bond donors (Lipinski definition) is 1. The Morgan fingerprint density at radius 1 is 1.05 bits per heavy atom. The Kier molecular flexibility index (Phi) is 8.37. The maximum Gasteiger partial charge on any atom is 0.433 e. The first kappa shape index (κ1) is 30.6. The number of nitrogens with one attached hydrogen (secondary N) is 1. The van der Waals surface area contributed by atoms with Gasteiger partial charge in [0.2, 0.25) is 5.91 Å². The van der Waals surface area contributed by atoms with Crippen LogP contribution in [0.25, 0.3) is 27.7 Å². The van der Waals surface area contributed by atoms with E-state index >= 15 is 0 Å². The van der Waals surface area contributed by atoms with Crippen LogP contribution < -0.4 is 15.6 Å². The van der Waals surface area contributed by atoms with Crippen LogP contribution in [-0.2, 0) is 11.0 Å². The molecule has 228 valence electrons. The predicted octanol–water partition coefficient (Wildman–Crippen LogP) is 6.85. The molecule has 0 aliphatic carbocycles. The Labute approximate surface area is 250 Å². The number of amides is 1. The normalized spacial score (nSPS) is 12.5. The Morgan fingerprint density at radius 2 is 1.82 bits per heavy atom. The first-order chi connectivity index (χ1) is 20.9. The molecule has 0 saturated heterocycles. The van der Waals surface area contributed by atoms with Crippen molar-refractivity contribution >= 4 is 34.1 Å². The fraction of sp³-hybridized carbons (Fsp3) is 0.207. The topological polar surface area (TPSA) is 104 Å². The van der Waals surface area contributed by atoms with Crippen molar-refractivity contribution in [2.75, 3.05) is 12.4 Å². The number of pyridine rings is 2. The van der Waals surface area contributed by atoms with Gasteiger partial charge in [-0.3, -0.25) is 14.2 Å². The molecule has 1 unspecified atom stereocenters. The third-order valence-corrected chi connectivity index (χ3v) is 7.00. The maximum absolute atomic E-state index is 13.4. The van der Waals surface area contributed by atoms with Crippen LogP contribution in [0.5, 0.6) is 5.75 Å². The van der Waals surface area contributed by atoms with E-state index in [0.29, 0.717) is 22.3 Å². The van der Waals surface area contributed by atoms with Gasteiger partial charge >= 0.3 is 6.18 Å². The third-order valence-electron chi connectivity index (χ3n) is 6.77. The van der Waals surface area contributed by atoms with Crippen LogP contribution in [0, 0.1) is 0 Å². The van der Waals surface area contributed by atoms with Crippen molar-refractivity contribution in [2.45, 2.75) is 32.0 Å². The first-order valence-corrected chi connectivity index (χ1v) is 13.4. The monoisotopic (exact) mass is 632 g/mol. The van der Waals surface area contributed by atoms with Gasteiger partial charge in [0.25, 0.3) is 12.0 Å². The number of alkyl halides is 5. The Balaban J connectivity index is 1.48. The summed E-state index contributed by atoms with van der Waals surface area (Å²) in [6, 6.07) is 11.1. The average Bonchev–Trinajstić information content (AvgIpc) is 3.48. The van der Waals surface area contributed by atoms with E-state index in [2.05, 4.69) is 20.6 Å². The number of methoxy groups -OCH3 is 1. The van der Waals surface area contributed by atoms with Crippen LogP contribution >= 0.6 is 11.6 Å². The molecule has 44 heavy (non-hydrogen) atoms. The van der Waals surface area contributed by atoms with Crippen molar-refractivity contribution in [3.8, 4) is 22.6 Å². The highest BCUT2D eigenvalue weighted by molar-refractivity contribution is 6.31. The van der Waals surface area contributed by atoms with Gasteiger partial charge in [-0.1, -0.05) is 29.8 Å². The molecule has 15 heteroatoms. The zero-order valence-corrected chi connectivity index (χ0v) is 23.7. The zero-order valence-electron chi connectivity index (χ0n) is 22.9. The van der Waals surface area contributed by atoms with Gasteiger partial charge in [0.15, 0.2) is 0 Å². The number of fused-ring (bicyclic) bond motifs is 1. The average molecular weight is 633 g/mol. The fourth-order valence-corrected chi connectivity index (χ4v) is 4.83. The van der Waals surface area contributed by atoms with Crippen molar-refractivity contribution in [1.29, 1.82) is 0 Å². The number of carbonyl (C=O) groups is 1. The molecule has 2 aromatic carbocycles. The molecule has 1 N–H and O–H groups in total. The van der Waals surface area contributed by atoms with E-state index < -0.39 is 41.5 Å². The molecule has 9 nitrogen and oxygen atoms in total. The van der Waals surface area contributed by atoms with Crippen LogP contribution in [0.2, 0.25) is 5.02 Å². The molecule has 0 aliphatic heterocycles. The predicted molar refractivity (Wildman–Crippen MR) is 152 cm³/mol. The van der Waals surface area contributed by atoms with Crippen LogP contribution in [0.3, 0.4) is 0 Å². The summed E-state index contributed by atoms with van der Waals surface area (Å²) in [6.07, 6.45) is -4.84. The molecule has 0 spiro atoms. The van der Waals surface area contributed by atoms with Gasteiger partial charge in [-0.2, -0.15) is 13.2 Å². The van der Waals surface area contributed by atoms with E-state index in [9.17, 15) is 31.5 Å². The van der Waals surface area contributed by atoms with E-state index in [-0.39, 0.29) is 28.3 Å². The van der Waals surface area contributed by atoms with Crippen LogP contribution in [0.4, 0.5) is 27.6 Å². The molecule has 3 aromatic heterocycles. The number of anilines is 1. The number of ether oxygens (including phenoxy) is 1. The number of halogens is 6. The summed E-state index contributed by atoms with van der Waals surface area (Å²) >= 11 is 6.24. The first-order valence-electron chi connectivity index (χ1n) is 13.0. The molecule has 0 saturated carbocycles. The van der Waals surface area contributed by atoms with Gasteiger partial charge in [-0.25, -0.2) is 18.4 Å². The number of rotatable bonds is 8. The molecule has 1 atom stereocenters. The fourth-order valence-electron chi connectivity index (χ4n) is 4.66. The summed E-state index contributed by atoms with van der Waals surface area (Å²) in [6.45, 7) is 1.69. The molecule has 0 aliphatic rings. The Hall–Kier alpha value is -4.85. The minimum Gasteiger partial charge on any atom is -0.495 e. The molecule has 0 fully saturated rings. The standard InChI is InChI=1S/C29H22ClF5N6O3/c1-3-22(28(43)36-17-6-7-20-15(10-17)4-9-25(37-20)29(33,34)35)40-14-24(44-2)19(12-26(40)42)18-11-16(30)5-8-23(18)41-13-21(27(31)32)38-39-41/h4-14,22,27H,3H2,1-2H3,(H,36,43). The molecule has 5 aromatic rings. The van der Waals surface area contributed by atoms with Gasteiger partial charge in [-0.15, -0.1) is 5.10 Å². The second-order valence-corrected chi connectivity index (χ2v) is 10.0.